The van der Waals surface area contributed by atoms with Gasteiger partial charge >= 0.3 is 0 Å². The van der Waals surface area contributed by atoms with Crippen molar-refractivity contribution in [3.05, 3.63) is 180 Å². The monoisotopic (exact) mass is 644 g/mol. The Balaban J connectivity index is 1.30. The molecule has 1 aliphatic heterocycles. The summed E-state index contributed by atoms with van der Waals surface area (Å²) in [5.74, 6) is 0. The predicted octanol–water partition coefficient (Wildman–Crippen LogP) is 12.5. The third kappa shape index (κ3) is 4.94. The van der Waals surface area contributed by atoms with Crippen LogP contribution in [0.15, 0.2) is 164 Å². The Morgan fingerprint density at radius 2 is 1.02 bits per heavy atom. The van der Waals surface area contributed by atoms with Gasteiger partial charge in [0.05, 0.1) is 5.69 Å². The van der Waals surface area contributed by atoms with E-state index >= 15 is 0 Å². The quantitative estimate of drug-likeness (QED) is 0.178. The maximum Gasteiger partial charge on any atom is 0.0544 e. The average Bonchev–Trinajstić information content (AvgIpc) is 3.66. The zero-order valence-electron chi connectivity index (χ0n) is 28.9. The first kappa shape index (κ1) is 30.2. The van der Waals surface area contributed by atoms with Crippen LogP contribution in [-0.2, 0) is 11.8 Å². The van der Waals surface area contributed by atoms with E-state index in [4.69, 9.17) is 0 Å². The molecule has 1 heterocycles. The summed E-state index contributed by atoms with van der Waals surface area (Å²) in [7, 11) is 2.24. The molecule has 0 unspecified atom stereocenters. The minimum atomic E-state index is -0.130. The topological polar surface area (TPSA) is 6.48 Å². The summed E-state index contributed by atoms with van der Waals surface area (Å²) >= 11 is 0. The van der Waals surface area contributed by atoms with Crippen LogP contribution in [0.3, 0.4) is 0 Å². The molecule has 0 bridgehead atoms. The van der Waals surface area contributed by atoms with Crippen LogP contribution >= 0.6 is 0 Å². The molecule has 242 valence electrons. The summed E-state index contributed by atoms with van der Waals surface area (Å²) < 4.78 is 0. The van der Waals surface area contributed by atoms with Crippen molar-refractivity contribution in [3.8, 4) is 44.5 Å². The van der Waals surface area contributed by atoms with Crippen molar-refractivity contribution in [2.24, 2.45) is 0 Å². The Morgan fingerprint density at radius 1 is 0.480 bits per heavy atom. The number of hydrogen-bond donors (Lipinski definition) is 0. The Labute approximate surface area is 295 Å². The van der Waals surface area contributed by atoms with Crippen LogP contribution in [-0.4, -0.2) is 13.6 Å². The van der Waals surface area contributed by atoms with Crippen molar-refractivity contribution in [1.82, 2.24) is 0 Å². The highest BCUT2D eigenvalue weighted by molar-refractivity contribution is 5.98. The first-order chi connectivity index (χ1) is 24.5. The Morgan fingerprint density at radius 3 is 1.64 bits per heavy atom. The van der Waals surface area contributed by atoms with Gasteiger partial charge < -0.3 is 9.80 Å². The summed E-state index contributed by atoms with van der Waals surface area (Å²) in [6, 6.07) is 60.3. The van der Waals surface area contributed by atoms with E-state index in [9.17, 15) is 0 Å². The molecule has 9 rings (SSSR count). The molecule has 0 amide bonds. The van der Waals surface area contributed by atoms with E-state index in [0.29, 0.717) is 0 Å². The number of nitrogens with zero attached hydrogens (tertiary/aromatic N) is 2. The molecule has 2 nitrogen and oxygen atoms in total. The molecule has 0 N–H and O–H groups in total. The van der Waals surface area contributed by atoms with Gasteiger partial charge in [-0.2, -0.15) is 0 Å². The van der Waals surface area contributed by atoms with Crippen molar-refractivity contribution in [3.63, 3.8) is 0 Å². The summed E-state index contributed by atoms with van der Waals surface area (Å²) in [5.41, 5.74) is 18.9. The first-order valence-corrected chi connectivity index (χ1v) is 17.7. The second-order valence-electron chi connectivity index (χ2n) is 14.2. The van der Waals surface area contributed by atoms with Crippen molar-refractivity contribution < 1.29 is 0 Å². The molecule has 0 spiro atoms. The summed E-state index contributed by atoms with van der Waals surface area (Å²) in [5, 5.41) is 0. The van der Waals surface area contributed by atoms with Crippen LogP contribution < -0.4 is 9.80 Å². The van der Waals surface area contributed by atoms with Crippen molar-refractivity contribution in [2.75, 3.05) is 23.4 Å². The fourth-order valence-electron chi connectivity index (χ4n) is 8.29. The van der Waals surface area contributed by atoms with Crippen LogP contribution in [0.2, 0.25) is 0 Å². The lowest BCUT2D eigenvalue weighted by Gasteiger charge is -2.31. The molecule has 1 aliphatic carbocycles. The van der Waals surface area contributed by atoms with Gasteiger partial charge in [0, 0.05) is 47.2 Å². The van der Waals surface area contributed by atoms with Gasteiger partial charge in [0.15, 0.2) is 0 Å². The predicted molar refractivity (Wildman–Crippen MR) is 212 cm³/mol. The normalized spacial score (nSPS) is 13.9. The van der Waals surface area contributed by atoms with E-state index < -0.39 is 0 Å². The van der Waals surface area contributed by atoms with Gasteiger partial charge in [-0.15, -0.1) is 0 Å². The van der Waals surface area contributed by atoms with Gasteiger partial charge in [-0.25, -0.2) is 0 Å². The molecule has 50 heavy (non-hydrogen) atoms. The fraction of sp³-hybridized carbons (Fsp3) is 0.125. The molecule has 0 fully saturated rings. The smallest absolute Gasteiger partial charge is 0.0544 e. The second-order valence-corrected chi connectivity index (χ2v) is 14.2. The fourth-order valence-corrected chi connectivity index (χ4v) is 8.29. The Bertz CT molecular complexity index is 2250. The number of hydrogen-bond acceptors (Lipinski definition) is 2. The third-order valence-corrected chi connectivity index (χ3v) is 10.9. The van der Waals surface area contributed by atoms with Gasteiger partial charge in [-0.3, -0.25) is 0 Å². The zero-order chi connectivity index (χ0) is 33.8. The number of para-hydroxylation sites is 1. The number of fused-ring (bicyclic) bond motifs is 4. The molecule has 0 radical (unpaired) electrons. The summed E-state index contributed by atoms with van der Waals surface area (Å²) in [6.45, 7) is 5.79. The van der Waals surface area contributed by atoms with Gasteiger partial charge in [-0.1, -0.05) is 141 Å². The molecule has 2 aliphatic rings. The third-order valence-electron chi connectivity index (χ3n) is 10.9. The van der Waals surface area contributed by atoms with E-state index in [2.05, 4.69) is 194 Å². The first-order valence-electron chi connectivity index (χ1n) is 17.7. The minimum Gasteiger partial charge on any atom is -0.374 e. The lowest BCUT2D eigenvalue weighted by Crippen LogP contribution is -2.18. The zero-order valence-corrected chi connectivity index (χ0v) is 28.9. The number of benzene rings is 7. The number of rotatable bonds is 6. The highest BCUT2D eigenvalue weighted by Gasteiger charge is 2.37. The highest BCUT2D eigenvalue weighted by atomic mass is 15.2. The molecule has 0 saturated heterocycles. The highest BCUT2D eigenvalue weighted by Crippen LogP contribution is 2.54. The van der Waals surface area contributed by atoms with Crippen LogP contribution in [0, 0.1) is 0 Å². The summed E-state index contributed by atoms with van der Waals surface area (Å²) in [6.07, 6.45) is 1.07. The lowest BCUT2D eigenvalue weighted by molar-refractivity contribution is 0.660. The standard InChI is InChI=1S/C48H40N2/c1-48(2)44-20-11-10-18-40(44)42-31-43(41-19-12-17-37-29-30-49(3)47(37)41)46(32-45(42)48)50(38-25-21-35(22-26-38)33-13-6-4-7-14-33)39-27-23-36(24-28-39)34-15-8-5-9-16-34/h4-28,31-32H,29-30H2,1-3H3. The number of likely N-dealkylation sites (N-methyl/N-ethyl adjacent to an activating group) is 1. The van der Waals surface area contributed by atoms with Crippen molar-refractivity contribution in [2.45, 2.75) is 25.7 Å². The molecular weight excluding hydrogens is 605 g/mol. The van der Waals surface area contributed by atoms with Gasteiger partial charge in [0.1, 0.15) is 0 Å². The lowest BCUT2D eigenvalue weighted by atomic mass is 9.81. The van der Waals surface area contributed by atoms with Crippen LogP contribution in [0.4, 0.5) is 22.7 Å². The van der Waals surface area contributed by atoms with Crippen LogP contribution in [0.1, 0.15) is 30.5 Å². The van der Waals surface area contributed by atoms with E-state index in [1.54, 1.807) is 0 Å². The molecule has 0 saturated carbocycles. The molecule has 7 aromatic rings. The summed E-state index contributed by atoms with van der Waals surface area (Å²) in [4.78, 5) is 4.92. The van der Waals surface area contributed by atoms with Crippen molar-refractivity contribution in [1.29, 1.82) is 0 Å². The second kappa shape index (κ2) is 11.9. The maximum absolute atomic E-state index is 2.50. The Hall–Kier alpha value is -5.86. The van der Waals surface area contributed by atoms with E-state index in [0.717, 1.165) is 24.3 Å². The molecule has 2 heteroatoms. The molecular formula is C48H40N2. The molecule has 0 atom stereocenters. The van der Waals surface area contributed by atoms with Crippen LogP contribution in [0.5, 0.6) is 0 Å². The van der Waals surface area contributed by atoms with Gasteiger partial charge in [0.25, 0.3) is 0 Å². The van der Waals surface area contributed by atoms with E-state index in [1.165, 1.54) is 72.6 Å². The van der Waals surface area contributed by atoms with E-state index in [-0.39, 0.29) is 5.41 Å². The minimum absolute atomic E-state index is 0.130. The van der Waals surface area contributed by atoms with Gasteiger partial charge in [-0.05, 0) is 92.9 Å². The van der Waals surface area contributed by atoms with E-state index in [1.807, 2.05) is 0 Å². The molecule has 7 aromatic carbocycles. The molecule has 0 aromatic heterocycles. The number of anilines is 4. The van der Waals surface area contributed by atoms with Crippen LogP contribution in [0.25, 0.3) is 44.5 Å². The van der Waals surface area contributed by atoms with Gasteiger partial charge in [0.2, 0.25) is 0 Å². The maximum atomic E-state index is 2.50. The SMILES string of the molecule is CN1CCc2cccc(-c3cc4c(cc3N(c3ccc(-c5ccccc5)cc3)c3ccc(-c5ccccc5)cc3)C(C)(C)c3ccccc3-4)c21. The van der Waals surface area contributed by atoms with Crippen molar-refractivity contribution >= 4 is 22.7 Å². The largest absolute Gasteiger partial charge is 0.374 e. The Kier molecular flexibility index (Phi) is 7.21. The average molecular weight is 645 g/mol.